The number of barbiturate groups is 1. The first kappa shape index (κ1) is 22.6. The lowest BCUT2D eigenvalue weighted by molar-refractivity contribution is -0.122. The number of benzene rings is 2. The van der Waals surface area contributed by atoms with Crippen LogP contribution in [-0.2, 0) is 9.59 Å². The van der Waals surface area contributed by atoms with E-state index < -0.39 is 35.2 Å². The van der Waals surface area contributed by atoms with Gasteiger partial charge >= 0.3 is 12.0 Å². The molecule has 166 valence electrons. The number of hydrogen-bond donors (Lipinski definition) is 1. The van der Waals surface area contributed by atoms with Gasteiger partial charge in [0.05, 0.1) is 16.4 Å². The Labute approximate surface area is 202 Å². The Hall–Kier alpha value is -3.57. The molecule has 1 N–H and O–H groups in total. The second kappa shape index (κ2) is 9.12. The van der Waals surface area contributed by atoms with E-state index >= 15 is 0 Å². The van der Waals surface area contributed by atoms with Crippen molar-refractivity contribution in [1.29, 1.82) is 0 Å². The van der Waals surface area contributed by atoms with E-state index in [-0.39, 0.29) is 22.8 Å². The fourth-order valence-corrected chi connectivity index (χ4v) is 4.34. The number of carbonyl (C=O) groups is 4. The van der Waals surface area contributed by atoms with E-state index in [9.17, 15) is 23.6 Å². The van der Waals surface area contributed by atoms with Crippen molar-refractivity contribution in [1.82, 2.24) is 5.32 Å². The number of nitrogens with zero attached hydrogens (tertiary/aromatic N) is 1. The summed E-state index contributed by atoms with van der Waals surface area (Å²) in [6, 6.07) is 10.0. The molecule has 0 atom stereocenters. The normalized spacial score (nSPS) is 15.1. The number of nitrogens with one attached hydrogen (secondary N) is 1. The summed E-state index contributed by atoms with van der Waals surface area (Å²) in [5.74, 6) is -3.75. The summed E-state index contributed by atoms with van der Waals surface area (Å²) in [4.78, 5) is 50.8. The van der Waals surface area contributed by atoms with Crippen LogP contribution in [0.5, 0.6) is 5.75 Å². The summed E-state index contributed by atoms with van der Waals surface area (Å²) in [6.45, 7) is 0. The van der Waals surface area contributed by atoms with Crippen LogP contribution in [-0.4, -0.2) is 23.8 Å². The number of urea groups is 1. The number of esters is 1. The highest BCUT2D eigenvalue weighted by Crippen LogP contribution is 2.36. The maximum atomic E-state index is 14.3. The Morgan fingerprint density at radius 3 is 2.55 bits per heavy atom. The number of furan rings is 1. The monoisotopic (exact) mass is 576 g/mol. The molecule has 1 fully saturated rings. The van der Waals surface area contributed by atoms with Gasteiger partial charge in [0, 0.05) is 10.0 Å². The largest absolute Gasteiger partial charge is 0.457 e. The van der Waals surface area contributed by atoms with Crippen LogP contribution in [0, 0.1) is 5.82 Å². The summed E-state index contributed by atoms with van der Waals surface area (Å²) >= 11 is 6.58. The molecular formula is C22H11Br2FN2O6. The van der Waals surface area contributed by atoms with E-state index in [2.05, 4.69) is 31.9 Å². The van der Waals surface area contributed by atoms with Crippen molar-refractivity contribution in [3.8, 4) is 5.75 Å². The van der Waals surface area contributed by atoms with E-state index in [4.69, 9.17) is 9.15 Å². The van der Waals surface area contributed by atoms with E-state index in [0.717, 1.165) is 12.1 Å². The highest BCUT2D eigenvalue weighted by molar-refractivity contribution is 9.11. The standard InChI is InChI=1S/C22H11Br2FN2O6/c23-12-8-11(18(14(24)10-12)33-21(30)17-6-3-7-32-17)9-13-19(28)26-22(31)27(20(13)29)16-5-2-1-4-15(16)25/h1-10H,(H,26,28,31)/b13-9-. The molecule has 33 heavy (non-hydrogen) atoms. The molecule has 1 aliphatic heterocycles. The highest BCUT2D eigenvalue weighted by atomic mass is 79.9. The Kier molecular flexibility index (Phi) is 6.25. The molecule has 0 radical (unpaired) electrons. The molecule has 0 unspecified atom stereocenters. The number of hydrogen-bond acceptors (Lipinski definition) is 6. The molecule has 1 aliphatic rings. The fourth-order valence-electron chi connectivity index (χ4n) is 3.00. The zero-order valence-electron chi connectivity index (χ0n) is 16.3. The average Bonchev–Trinajstić information content (AvgIpc) is 3.29. The van der Waals surface area contributed by atoms with Crippen LogP contribution in [0.1, 0.15) is 16.1 Å². The first-order chi connectivity index (χ1) is 15.8. The number of anilines is 1. The van der Waals surface area contributed by atoms with E-state index in [0.29, 0.717) is 13.8 Å². The van der Waals surface area contributed by atoms with Crippen molar-refractivity contribution < 1.29 is 32.7 Å². The molecule has 0 aliphatic carbocycles. The maximum absolute atomic E-state index is 14.3. The predicted molar refractivity (Wildman–Crippen MR) is 121 cm³/mol. The van der Waals surface area contributed by atoms with Crippen molar-refractivity contribution in [3.05, 3.63) is 86.5 Å². The number of imide groups is 2. The van der Waals surface area contributed by atoms with Gasteiger partial charge in [-0.1, -0.05) is 28.1 Å². The molecule has 1 saturated heterocycles. The molecule has 3 aromatic rings. The average molecular weight is 578 g/mol. The second-order valence-corrected chi connectivity index (χ2v) is 8.35. The molecule has 0 bridgehead atoms. The smallest absolute Gasteiger partial charge is 0.379 e. The Bertz CT molecular complexity index is 1340. The summed E-state index contributed by atoms with van der Waals surface area (Å²) in [5.41, 5.74) is -0.645. The molecule has 0 saturated carbocycles. The van der Waals surface area contributed by atoms with Gasteiger partial charge in [0.1, 0.15) is 11.4 Å². The summed E-state index contributed by atoms with van der Waals surface area (Å²) in [5, 5.41) is 2.01. The lowest BCUT2D eigenvalue weighted by Gasteiger charge is -2.26. The van der Waals surface area contributed by atoms with E-state index in [1.165, 1.54) is 42.7 Å². The van der Waals surface area contributed by atoms with Crippen LogP contribution in [0.25, 0.3) is 6.08 Å². The molecule has 2 heterocycles. The Morgan fingerprint density at radius 2 is 1.85 bits per heavy atom. The lowest BCUT2D eigenvalue weighted by atomic mass is 10.1. The third-order valence-electron chi connectivity index (χ3n) is 4.45. The third-order valence-corrected chi connectivity index (χ3v) is 5.50. The van der Waals surface area contributed by atoms with Gasteiger partial charge in [0.25, 0.3) is 11.8 Å². The van der Waals surface area contributed by atoms with E-state index in [1.807, 2.05) is 5.32 Å². The maximum Gasteiger partial charge on any atom is 0.379 e. The lowest BCUT2D eigenvalue weighted by Crippen LogP contribution is -2.54. The minimum absolute atomic E-state index is 0.0120. The molecular weight excluding hydrogens is 567 g/mol. The molecule has 4 rings (SSSR count). The molecule has 4 amide bonds. The van der Waals surface area contributed by atoms with Gasteiger partial charge in [-0.3, -0.25) is 14.9 Å². The Balaban J connectivity index is 1.78. The number of amides is 4. The third kappa shape index (κ3) is 4.50. The van der Waals surface area contributed by atoms with Crippen LogP contribution in [0.15, 0.2) is 73.7 Å². The number of halogens is 3. The molecule has 0 spiro atoms. The van der Waals surface area contributed by atoms with Crippen LogP contribution < -0.4 is 15.0 Å². The fraction of sp³-hybridized carbons (Fsp3) is 0. The van der Waals surface area contributed by atoms with Gasteiger partial charge in [0.2, 0.25) is 5.76 Å². The molecule has 8 nitrogen and oxygen atoms in total. The van der Waals surface area contributed by atoms with Crippen molar-refractivity contribution in [2.75, 3.05) is 4.90 Å². The van der Waals surface area contributed by atoms with E-state index in [1.54, 1.807) is 6.07 Å². The van der Waals surface area contributed by atoms with Crippen LogP contribution in [0.4, 0.5) is 14.9 Å². The van der Waals surface area contributed by atoms with Gasteiger partial charge in [-0.15, -0.1) is 0 Å². The van der Waals surface area contributed by atoms with Gasteiger partial charge in [-0.05, 0) is 58.4 Å². The number of ether oxygens (including phenoxy) is 1. The summed E-state index contributed by atoms with van der Waals surface area (Å²) in [7, 11) is 0. The zero-order valence-corrected chi connectivity index (χ0v) is 19.5. The van der Waals surface area contributed by atoms with Crippen LogP contribution >= 0.6 is 31.9 Å². The van der Waals surface area contributed by atoms with Crippen LogP contribution in [0.2, 0.25) is 0 Å². The zero-order chi connectivity index (χ0) is 23.7. The highest BCUT2D eigenvalue weighted by Gasteiger charge is 2.38. The van der Waals surface area contributed by atoms with Crippen molar-refractivity contribution in [2.24, 2.45) is 0 Å². The quantitative estimate of drug-likeness (QED) is 0.206. The predicted octanol–water partition coefficient (Wildman–Crippen LogP) is 4.83. The van der Waals surface area contributed by atoms with Gasteiger partial charge in [-0.25, -0.2) is 18.9 Å². The molecule has 1 aromatic heterocycles. The molecule has 11 heteroatoms. The van der Waals surface area contributed by atoms with Crippen molar-refractivity contribution in [2.45, 2.75) is 0 Å². The summed E-state index contributed by atoms with van der Waals surface area (Å²) < 4.78 is 25.6. The van der Waals surface area contributed by atoms with Crippen molar-refractivity contribution >= 4 is 67.4 Å². The van der Waals surface area contributed by atoms with Gasteiger partial charge < -0.3 is 9.15 Å². The first-order valence-electron chi connectivity index (χ1n) is 9.17. The minimum Gasteiger partial charge on any atom is -0.457 e. The number of para-hydroxylation sites is 1. The van der Waals surface area contributed by atoms with Crippen molar-refractivity contribution in [3.63, 3.8) is 0 Å². The topological polar surface area (TPSA) is 106 Å². The summed E-state index contributed by atoms with van der Waals surface area (Å²) in [6.07, 6.45) is 2.44. The second-order valence-electron chi connectivity index (χ2n) is 6.58. The molecule has 2 aromatic carbocycles. The number of carbonyl (C=O) groups excluding carboxylic acids is 4. The van der Waals surface area contributed by atoms with Gasteiger partial charge in [-0.2, -0.15) is 0 Å². The minimum atomic E-state index is -1.09. The SMILES string of the molecule is O=C1NC(=O)N(c2ccccc2F)C(=O)/C1=C\c1cc(Br)cc(Br)c1OC(=O)c1ccco1. The van der Waals surface area contributed by atoms with Crippen LogP contribution in [0.3, 0.4) is 0 Å². The van der Waals surface area contributed by atoms with Gasteiger partial charge in [0.15, 0.2) is 5.75 Å². The first-order valence-corrected chi connectivity index (χ1v) is 10.8. The Morgan fingerprint density at radius 1 is 1.09 bits per heavy atom. The number of rotatable bonds is 4.